The molecular weight excluding hydrogens is 332 g/mol. The van der Waals surface area contributed by atoms with Gasteiger partial charge in [-0.05, 0) is 30.7 Å². The lowest BCUT2D eigenvalue weighted by Gasteiger charge is -2.17. The molecule has 0 radical (unpaired) electrons. The Hall–Kier alpha value is -2.04. The quantitative estimate of drug-likeness (QED) is 0.477. The predicted octanol–water partition coefficient (Wildman–Crippen LogP) is 5.13. The Labute approximate surface area is 150 Å². The average molecular weight is 352 g/mol. The Bertz CT molecular complexity index is 969. The SMILES string of the molecule is C=CCN1C(=Cc2sc3ccccc3[n+]2C)Sc2cc(C)ccc21. The Morgan fingerprint density at radius 2 is 2.04 bits per heavy atom. The molecule has 0 fully saturated rings. The number of benzene rings is 2. The third-order valence-corrected chi connectivity index (χ3v) is 6.48. The van der Waals surface area contributed by atoms with E-state index < -0.39 is 0 Å². The summed E-state index contributed by atoms with van der Waals surface area (Å²) in [5, 5.41) is 2.52. The predicted molar refractivity (Wildman–Crippen MR) is 106 cm³/mol. The lowest BCUT2D eigenvalue weighted by molar-refractivity contribution is -0.642. The van der Waals surface area contributed by atoms with Gasteiger partial charge in [0.15, 0.2) is 0 Å². The molecule has 0 unspecified atom stereocenters. The Balaban J connectivity index is 1.81. The molecule has 0 amide bonds. The van der Waals surface area contributed by atoms with Gasteiger partial charge in [0, 0.05) is 17.5 Å². The first-order valence-electron chi connectivity index (χ1n) is 7.93. The van der Waals surface area contributed by atoms with Crippen molar-refractivity contribution in [3.63, 3.8) is 0 Å². The van der Waals surface area contributed by atoms with Gasteiger partial charge in [0.25, 0.3) is 5.01 Å². The standard InChI is InChI=1S/C20H19N2S2/c1-4-11-22-16-10-9-14(2)12-18(16)24-20(22)13-19-21(3)15-7-5-6-8-17(15)23-19/h4-10,12-13H,1,11H2,2-3H3/q+1. The fraction of sp³-hybridized carbons (Fsp3) is 0.150. The van der Waals surface area contributed by atoms with Crippen molar-refractivity contribution in [3.8, 4) is 0 Å². The van der Waals surface area contributed by atoms with Crippen LogP contribution in [0.15, 0.2) is 65.0 Å². The molecule has 24 heavy (non-hydrogen) atoms. The van der Waals surface area contributed by atoms with Crippen molar-refractivity contribution < 1.29 is 4.57 Å². The van der Waals surface area contributed by atoms with E-state index in [0.29, 0.717) is 0 Å². The maximum atomic E-state index is 3.93. The summed E-state index contributed by atoms with van der Waals surface area (Å²) in [5.41, 5.74) is 3.86. The number of nitrogens with zero attached hydrogens (tertiary/aromatic N) is 2. The topological polar surface area (TPSA) is 7.12 Å². The van der Waals surface area contributed by atoms with E-state index >= 15 is 0 Å². The highest BCUT2D eigenvalue weighted by molar-refractivity contribution is 8.03. The van der Waals surface area contributed by atoms with Gasteiger partial charge in [-0.1, -0.05) is 47.4 Å². The molecule has 0 bridgehead atoms. The number of para-hydroxylation sites is 1. The molecule has 4 heteroatoms. The molecule has 2 heterocycles. The van der Waals surface area contributed by atoms with Crippen LogP contribution in [0.4, 0.5) is 5.69 Å². The maximum absolute atomic E-state index is 3.93. The van der Waals surface area contributed by atoms with Crippen LogP contribution < -0.4 is 9.47 Å². The summed E-state index contributed by atoms with van der Waals surface area (Å²) in [6.07, 6.45) is 4.27. The Morgan fingerprint density at radius 1 is 1.21 bits per heavy atom. The van der Waals surface area contributed by atoms with E-state index in [1.807, 2.05) is 29.2 Å². The van der Waals surface area contributed by atoms with Crippen molar-refractivity contribution >= 4 is 45.1 Å². The molecule has 0 spiro atoms. The average Bonchev–Trinajstić information content (AvgIpc) is 3.07. The van der Waals surface area contributed by atoms with Crippen molar-refractivity contribution in [1.29, 1.82) is 0 Å². The molecule has 0 saturated carbocycles. The number of hydrogen-bond acceptors (Lipinski definition) is 3. The van der Waals surface area contributed by atoms with Gasteiger partial charge < -0.3 is 4.90 Å². The smallest absolute Gasteiger partial charge is 0.265 e. The zero-order valence-corrected chi connectivity index (χ0v) is 15.5. The fourth-order valence-electron chi connectivity index (χ4n) is 2.99. The van der Waals surface area contributed by atoms with Crippen molar-refractivity contribution in [2.45, 2.75) is 11.8 Å². The molecule has 1 aliphatic rings. The molecule has 120 valence electrons. The highest BCUT2D eigenvalue weighted by Gasteiger charge is 2.26. The van der Waals surface area contributed by atoms with Gasteiger partial charge in [-0.3, -0.25) is 0 Å². The summed E-state index contributed by atoms with van der Waals surface area (Å²) in [4.78, 5) is 3.67. The summed E-state index contributed by atoms with van der Waals surface area (Å²) in [6, 6.07) is 15.2. The number of hydrogen-bond donors (Lipinski definition) is 0. The Morgan fingerprint density at radius 3 is 2.83 bits per heavy atom. The van der Waals surface area contributed by atoms with Crippen molar-refractivity contribution in [1.82, 2.24) is 0 Å². The van der Waals surface area contributed by atoms with Crippen LogP contribution in [0.2, 0.25) is 0 Å². The van der Waals surface area contributed by atoms with Crippen LogP contribution in [0.1, 0.15) is 10.6 Å². The maximum Gasteiger partial charge on any atom is 0.265 e. The zero-order chi connectivity index (χ0) is 16.7. The molecule has 4 rings (SSSR count). The van der Waals surface area contributed by atoms with Gasteiger partial charge in [0.2, 0.25) is 5.52 Å². The van der Waals surface area contributed by atoms with Gasteiger partial charge in [-0.25, -0.2) is 0 Å². The third kappa shape index (κ3) is 2.56. The lowest BCUT2D eigenvalue weighted by Crippen LogP contribution is -2.29. The number of thioether (sulfide) groups is 1. The molecule has 0 atom stereocenters. The van der Waals surface area contributed by atoms with E-state index in [2.05, 4.69) is 78.6 Å². The first-order valence-corrected chi connectivity index (χ1v) is 9.57. The molecule has 0 aliphatic carbocycles. The number of aryl methyl sites for hydroxylation is 2. The van der Waals surface area contributed by atoms with Gasteiger partial charge in [-0.2, -0.15) is 4.57 Å². The molecule has 1 aliphatic heterocycles. The number of thiazole rings is 1. The van der Waals surface area contributed by atoms with Gasteiger partial charge >= 0.3 is 0 Å². The van der Waals surface area contributed by atoms with E-state index in [1.165, 1.54) is 36.4 Å². The molecule has 3 aromatic rings. The first-order chi connectivity index (χ1) is 11.7. The van der Waals surface area contributed by atoms with Crippen LogP contribution in [0.25, 0.3) is 16.3 Å². The molecular formula is C20H19N2S2+. The van der Waals surface area contributed by atoms with Crippen LogP contribution in [0.3, 0.4) is 0 Å². The summed E-state index contributed by atoms with van der Waals surface area (Å²) in [6.45, 7) is 6.90. The first kappa shape index (κ1) is 15.5. The fourth-order valence-corrected chi connectivity index (χ4v) is 5.36. The minimum Gasteiger partial charge on any atom is -0.331 e. The van der Waals surface area contributed by atoms with Crippen molar-refractivity contribution in [2.75, 3.05) is 11.4 Å². The second-order valence-corrected chi connectivity index (χ2v) is 8.05. The summed E-state index contributed by atoms with van der Waals surface area (Å²) in [5.74, 6) is 0. The zero-order valence-electron chi connectivity index (χ0n) is 13.8. The van der Waals surface area contributed by atoms with Gasteiger partial charge in [0.05, 0.1) is 16.8 Å². The van der Waals surface area contributed by atoms with E-state index in [0.717, 1.165) is 6.54 Å². The van der Waals surface area contributed by atoms with Crippen LogP contribution in [0, 0.1) is 6.92 Å². The van der Waals surface area contributed by atoms with Crippen LogP contribution in [-0.2, 0) is 7.05 Å². The van der Waals surface area contributed by atoms with Crippen molar-refractivity contribution in [2.24, 2.45) is 7.05 Å². The summed E-state index contributed by atoms with van der Waals surface area (Å²) >= 11 is 3.68. The number of anilines is 1. The largest absolute Gasteiger partial charge is 0.331 e. The van der Waals surface area contributed by atoms with E-state index in [9.17, 15) is 0 Å². The van der Waals surface area contributed by atoms with Crippen LogP contribution in [0.5, 0.6) is 0 Å². The van der Waals surface area contributed by atoms with Gasteiger partial charge in [-0.15, -0.1) is 6.58 Å². The molecule has 0 saturated heterocycles. The monoisotopic (exact) mass is 351 g/mol. The summed E-state index contributed by atoms with van der Waals surface area (Å²) in [7, 11) is 2.14. The Kier molecular flexibility index (Phi) is 3.94. The van der Waals surface area contributed by atoms with E-state index in [1.54, 1.807) is 0 Å². The van der Waals surface area contributed by atoms with E-state index in [-0.39, 0.29) is 0 Å². The highest BCUT2D eigenvalue weighted by Crippen LogP contribution is 2.47. The molecule has 1 aromatic heterocycles. The van der Waals surface area contributed by atoms with Crippen molar-refractivity contribution in [3.05, 3.63) is 70.7 Å². The second kappa shape index (κ2) is 6.11. The number of aromatic nitrogens is 1. The normalized spacial score (nSPS) is 15.2. The third-order valence-electron chi connectivity index (χ3n) is 4.22. The summed E-state index contributed by atoms with van der Waals surface area (Å²) < 4.78 is 3.59. The van der Waals surface area contributed by atoms with E-state index in [4.69, 9.17) is 0 Å². The molecule has 2 nitrogen and oxygen atoms in total. The van der Waals surface area contributed by atoms with Crippen LogP contribution in [-0.4, -0.2) is 6.54 Å². The van der Waals surface area contributed by atoms with Gasteiger partial charge in [0.1, 0.15) is 11.7 Å². The minimum absolute atomic E-state index is 0.823. The number of fused-ring (bicyclic) bond motifs is 2. The van der Waals surface area contributed by atoms with Crippen LogP contribution >= 0.6 is 23.1 Å². The lowest BCUT2D eigenvalue weighted by atomic mass is 10.2. The number of rotatable bonds is 3. The molecule has 0 N–H and O–H groups in total. The minimum atomic E-state index is 0.823. The highest BCUT2D eigenvalue weighted by atomic mass is 32.2. The second-order valence-electron chi connectivity index (χ2n) is 5.92. The molecule has 2 aromatic carbocycles.